The summed E-state index contributed by atoms with van der Waals surface area (Å²) in [6, 6.07) is 5.77. The summed E-state index contributed by atoms with van der Waals surface area (Å²) < 4.78 is 5.73. The van der Waals surface area contributed by atoms with E-state index in [1.54, 1.807) is 0 Å². The van der Waals surface area contributed by atoms with Crippen LogP contribution in [0.4, 0.5) is 5.69 Å². The van der Waals surface area contributed by atoms with Gasteiger partial charge in [-0.15, -0.1) is 0 Å². The van der Waals surface area contributed by atoms with Crippen LogP contribution in [0.25, 0.3) is 0 Å². The number of rotatable bonds is 11. The molecule has 0 radical (unpaired) electrons. The van der Waals surface area contributed by atoms with Crippen LogP contribution < -0.4 is 10.1 Å². The Balaban J connectivity index is 2.32. The summed E-state index contributed by atoms with van der Waals surface area (Å²) in [7, 11) is 0. The fourth-order valence-corrected chi connectivity index (χ4v) is 2.28. The average Bonchev–Trinajstić information content (AvgIpc) is 2.45. The Hall–Kier alpha value is -0.890. The molecule has 0 aliphatic carbocycles. The number of anilines is 1. The van der Waals surface area contributed by atoms with Crippen molar-refractivity contribution in [3.63, 3.8) is 0 Å². The van der Waals surface area contributed by atoms with Crippen molar-refractivity contribution in [2.45, 2.75) is 58.8 Å². The van der Waals surface area contributed by atoms with Gasteiger partial charge in [0.15, 0.2) is 0 Å². The van der Waals surface area contributed by atoms with E-state index >= 15 is 0 Å². The van der Waals surface area contributed by atoms with E-state index in [1.807, 2.05) is 18.2 Å². The van der Waals surface area contributed by atoms with E-state index in [4.69, 9.17) is 16.3 Å². The molecule has 0 atom stereocenters. The molecule has 0 aromatic heterocycles. The van der Waals surface area contributed by atoms with Crippen molar-refractivity contribution in [1.82, 2.24) is 0 Å². The van der Waals surface area contributed by atoms with Gasteiger partial charge in [0.2, 0.25) is 0 Å². The molecule has 1 aromatic carbocycles. The quantitative estimate of drug-likeness (QED) is 0.513. The Morgan fingerprint density at radius 2 is 1.75 bits per heavy atom. The van der Waals surface area contributed by atoms with Crippen molar-refractivity contribution in [1.29, 1.82) is 0 Å². The maximum atomic E-state index is 6.05. The molecule has 0 spiro atoms. The number of hydrogen-bond donors (Lipinski definition) is 1. The lowest BCUT2D eigenvalue weighted by atomic mass is 10.1. The summed E-state index contributed by atoms with van der Waals surface area (Å²) in [6.45, 7) is 6.08. The minimum absolute atomic E-state index is 0.743. The van der Waals surface area contributed by atoms with E-state index in [-0.39, 0.29) is 0 Å². The molecule has 1 aromatic rings. The largest absolute Gasteiger partial charge is 0.491 e. The minimum atomic E-state index is 0.743. The van der Waals surface area contributed by atoms with E-state index in [9.17, 15) is 0 Å². The van der Waals surface area contributed by atoms with E-state index in [0.29, 0.717) is 0 Å². The molecule has 20 heavy (non-hydrogen) atoms. The zero-order valence-corrected chi connectivity index (χ0v) is 13.6. The molecule has 0 amide bonds. The highest BCUT2D eigenvalue weighted by Gasteiger charge is 2.04. The van der Waals surface area contributed by atoms with E-state index in [2.05, 4.69) is 19.2 Å². The molecule has 0 unspecified atom stereocenters. The molecule has 1 N–H and O–H groups in total. The molecular weight excluding hydrogens is 270 g/mol. The Labute approximate surface area is 128 Å². The van der Waals surface area contributed by atoms with Crippen LogP contribution in [-0.4, -0.2) is 13.2 Å². The zero-order chi connectivity index (χ0) is 14.6. The van der Waals surface area contributed by atoms with Crippen LogP contribution in [0.3, 0.4) is 0 Å². The lowest BCUT2D eigenvalue weighted by Crippen LogP contribution is -2.05. The molecule has 0 saturated carbocycles. The fourth-order valence-electron chi connectivity index (χ4n) is 2.11. The molecule has 1 rings (SSSR count). The third-order valence-electron chi connectivity index (χ3n) is 3.25. The van der Waals surface area contributed by atoms with E-state index in [0.717, 1.165) is 36.0 Å². The number of unbranched alkanes of at least 4 members (excludes halogenated alkanes) is 5. The van der Waals surface area contributed by atoms with Crippen molar-refractivity contribution in [2.75, 3.05) is 18.5 Å². The molecule has 3 heteroatoms. The van der Waals surface area contributed by atoms with Gasteiger partial charge < -0.3 is 10.1 Å². The van der Waals surface area contributed by atoms with Gasteiger partial charge in [0.05, 0.1) is 12.3 Å². The third-order valence-corrected chi connectivity index (χ3v) is 3.48. The van der Waals surface area contributed by atoms with Gasteiger partial charge in [-0.05, 0) is 31.0 Å². The summed E-state index contributed by atoms with van der Waals surface area (Å²) in [6.07, 6.45) is 8.86. The standard InChI is InChI=1S/C17H28ClNO/c1-3-5-6-7-8-9-12-19-16-14-15(18)10-11-17(16)20-13-4-2/h10-11,14,19H,3-9,12-13H2,1-2H3. The molecule has 0 aliphatic heterocycles. The van der Waals surface area contributed by atoms with Gasteiger partial charge in [-0.1, -0.05) is 57.6 Å². The van der Waals surface area contributed by atoms with Gasteiger partial charge in [-0.25, -0.2) is 0 Å². The predicted molar refractivity (Wildman–Crippen MR) is 89.1 cm³/mol. The van der Waals surface area contributed by atoms with Gasteiger partial charge in [-0.3, -0.25) is 0 Å². The maximum absolute atomic E-state index is 6.05. The van der Waals surface area contributed by atoms with Gasteiger partial charge in [-0.2, -0.15) is 0 Å². The summed E-state index contributed by atoms with van der Waals surface area (Å²) in [5, 5.41) is 4.19. The van der Waals surface area contributed by atoms with Crippen LogP contribution in [-0.2, 0) is 0 Å². The molecule has 0 heterocycles. The molecule has 0 bridgehead atoms. The van der Waals surface area contributed by atoms with Crippen LogP contribution in [0.5, 0.6) is 5.75 Å². The van der Waals surface area contributed by atoms with Gasteiger partial charge in [0, 0.05) is 11.6 Å². The number of nitrogens with one attached hydrogen (secondary N) is 1. The van der Waals surface area contributed by atoms with Gasteiger partial charge >= 0.3 is 0 Å². The van der Waals surface area contributed by atoms with Crippen LogP contribution in [0, 0.1) is 0 Å². The fraction of sp³-hybridized carbons (Fsp3) is 0.647. The Morgan fingerprint density at radius 1 is 1.00 bits per heavy atom. The molecule has 0 fully saturated rings. The van der Waals surface area contributed by atoms with Crippen LogP contribution >= 0.6 is 11.6 Å². The van der Waals surface area contributed by atoms with Gasteiger partial charge in [0.1, 0.15) is 5.75 Å². The lowest BCUT2D eigenvalue weighted by molar-refractivity contribution is 0.319. The maximum Gasteiger partial charge on any atom is 0.142 e. The van der Waals surface area contributed by atoms with Gasteiger partial charge in [0.25, 0.3) is 0 Å². The Bertz CT molecular complexity index is 368. The average molecular weight is 298 g/mol. The first-order chi connectivity index (χ1) is 9.77. The van der Waals surface area contributed by atoms with Crippen molar-refractivity contribution in [2.24, 2.45) is 0 Å². The number of benzene rings is 1. The molecule has 0 saturated heterocycles. The van der Waals surface area contributed by atoms with Crippen molar-refractivity contribution < 1.29 is 4.74 Å². The van der Waals surface area contributed by atoms with Crippen molar-refractivity contribution in [3.05, 3.63) is 23.2 Å². The Morgan fingerprint density at radius 3 is 2.50 bits per heavy atom. The summed E-state index contributed by atoms with van der Waals surface area (Å²) in [5.74, 6) is 0.905. The Kier molecular flexibility index (Phi) is 9.31. The first-order valence-electron chi connectivity index (χ1n) is 7.94. The second-order valence-corrected chi connectivity index (χ2v) is 5.62. The highest BCUT2D eigenvalue weighted by atomic mass is 35.5. The van der Waals surface area contributed by atoms with Crippen LogP contribution in [0.2, 0.25) is 5.02 Å². The summed E-state index contributed by atoms with van der Waals surface area (Å²) >= 11 is 6.05. The van der Waals surface area contributed by atoms with Crippen LogP contribution in [0.1, 0.15) is 58.8 Å². The molecule has 2 nitrogen and oxygen atoms in total. The molecule has 0 aliphatic rings. The third kappa shape index (κ3) is 7.04. The SMILES string of the molecule is CCCCCCCCNc1cc(Cl)ccc1OCCC. The first-order valence-corrected chi connectivity index (χ1v) is 8.32. The van der Waals surface area contributed by atoms with E-state index in [1.165, 1.54) is 38.5 Å². The van der Waals surface area contributed by atoms with Crippen molar-refractivity contribution in [3.8, 4) is 5.75 Å². The topological polar surface area (TPSA) is 21.3 Å². The minimum Gasteiger partial charge on any atom is -0.491 e. The normalized spacial score (nSPS) is 10.6. The molecule has 114 valence electrons. The first kappa shape index (κ1) is 17.2. The number of hydrogen-bond acceptors (Lipinski definition) is 2. The second-order valence-electron chi connectivity index (χ2n) is 5.18. The predicted octanol–water partition coefficient (Wildman–Crippen LogP) is 5.90. The zero-order valence-electron chi connectivity index (χ0n) is 12.9. The van der Waals surface area contributed by atoms with E-state index < -0.39 is 0 Å². The lowest BCUT2D eigenvalue weighted by Gasteiger charge is -2.13. The number of ether oxygens (including phenoxy) is 1. The monoisotopic (exact) mass is 297 g/mol. The highest BCUT2D eigenvalue weighted by molar-refractivity contribution is 6.30. The van der Waals surface area contributed by atoms with Crippen molar-refractivity contribution >= 4 is 17.3 Å². The summed E-state index contributed by atoms with van der Waals surface area (Å²) in [4.78, 5) is 0. The van der Waals surface area contributed by atoms with Crippen LogP contribution in [0.15, 0.2) is 18.2 Å². The smallest absolute Gasteiger partial charge is 0.142 e. The highest BCUT2D eigenvalue weighted by Crippen LogP contribution is 2.28. The second kappa shape index (κ2) is 10.8. The number of halogens is 1. The molecular formula is C17H28ClNO. The summed E-state index contributed by atoms with van der Waals surface area (Å²) in [5.41, 5.74) is 1.01.